The fraction of sp³-hybridized carbons (Fsp3) is 0.381. The number of hydrogen-bond acceptors (Lipinski definition) is 5. The van der Waals surface area contributed by atoms with Crippen LogP contribution in [0.15, 0.2) is 34.9 Å². The molecule has 0 bridgehead atoms. The number of hydrogen-bond donors (Lipinski definition) is 1. The summed E-state index contributed by atoms with van der Waals surface area (Å²) in [6, 6.07) is 9.66. The number of aromatic nitrogens is 3. The van der Waals surface area contributed by atoms with Crippen LogP contribution in [0.25, 0.3) is 0 Å². The van der Waals surface area contributed by atoms with Gasteiger partial charge in [0.05, 0.1) is 18.3 Å². The van der Waals surface area contributed by atoms with Gasteiger partial charge in [0.15, 0.2) is 5.69 Å². The van der Waals surface area contributed by atoms with Crippen molar-refractivity contribution < 1.29 is 14.1 Å². The lowest BCUT2D eigenvalue weighted by Gasteiger charge is -2.10. The molecule has 0 radical (unpaired) electrons. The second-order valence-corrected chi connectivity index (χ2v) is 7.14. The van der Waals surface area contributed by atoms with Crippen LogP contribution in [0.2, 0.25) is 0 Å². The van der Waals surface area contributed by atoms with Crippen molar-refractivity contribution in [2.45, 2.75) is 53.8 Å². The number of carbonyl (C=O) groups is 1. The van der Waals surface area contributed by atoms with Crippen LogP contribution >= 0.6 is 0 Å². The maximum absolute atomic E-state index is 12.7. The first kappa shape index (κ1) is 19.7. The molecule has 3 rings (SSSR count). The maximum Gasteiger partial charge on any atom is 0.274 e. The molecule has 1 aromatic carbocycles. The fourth-order valence-corrected chi connectivity index (χ4v) is 2.96. The predicted octanol–water partition coefficient (Wildman–Crippen LogP) is 3.56. The van der Waals surface area contributed by atoms with E-state index in [1.807, 2.05) is 62.7 Å². The van der Waals surface area contributed by atoms with Gasteiger partial charge in [-0.25, -0.2) is 0 Å². The highest BCUT2D eigenvalue weighted by atomic mass is 16.5. The van der Waals surface area contributed by atoms with E-state index in [-0.39, 0.29) is 12.0 Å². The third-order valence-corrected chi connectivity index (χ3v) is 4.36. The number of nitrogens with one attached hydrogen (secondary N) is 1. The molecule has 0 atom stereocenters. The largest absolute Gasteiger partial charge is 0.491 e. The van der Waals surface area contributed by atoms with Crippen LogP contribution < -0.4 is 10.1 Å². The summed E-state index contributed by atoms with van der Waals surface area (Å²) in [5.41, 5.74) is 3.97. The number of ether oxygens (including phenoxy) is 1. The third-order valence-electron chi connectivity index (χ3n) is 4.36. The van der Waals surface area contributed by atoms with Crippen LogP contribution in [-0.2, 0) is 13.1 Å². The fourth-order valence-electron chi connectivity index (χ4n) is 2.96. The molecule has 148 valence electrons. The van der Waals surface area contributed by atoms with Crippen molar-refractivity contribution in [1.29, 1.82) is 0 Å². The lowest BCUT2D eigenvalue weighted by molar-refractivity contribution is 0.0941. The molecule has 3 aromatic rings. The summed E-state index contributed by atoms with van der Waals surface area (Å²) in [6.45, 7) is 10.5. The Kier molecular flexibility index (Phi) is 5.82. The molecule has 1 N–H and O–H groups in total. The topological polar surface area (TPSA) is 82.2 Å². The summed E-state index contributed by atoms with van der Waals surface area (Å²) in [6.07, 6.45) is 0.126. The second kappa shape index (κ2) is 8.29. The van der Waals surface area contributed by atoms with E-state index in [1.54, 1.807) is 6.92 Å². The molecule has 0 fully saturated rings. The molecule has 0 unspecified atom stereocenters. The van der Waals surface area contributed by atoms with E-state index in [0.717, 1.165) is 28.3 Å². The van der Waals surface area contributed by atoms with Crippen molar-refractivity contribution in [1.82, 2.24) is 20.3 Å². The average molecular weight is 382 g/mol. The highest BCUT2D eigenvalue weighted by Crippen LogP contribution is 2.17. The quantitative estimate of drug-likeness (QED) is 0.676. The molecule has 0 spiro atoms. The Balaban J connectivity index is 1.67. The van der Waals surface area contributed by atoms with Crippen LogP contribution in [-0.4, -0.2) is 26.9 Å². The van der Waals surface area contributed by atoms with Gasteiger partial charge in [-0.1, -0.05) is 17.3 Å². The van der Waals surface area contributed by atoms with Gasteiger partial charge in [0.25, 0.3) is 5.91 Å². The number of rotatable bonds is 7. The molecule has 7 heteroatoms. The van der Waals surface area contributed by atoms with Crippen LogP contribution in [0.1, 0.15) is 52.6 Å². The summed E-state index contributed by atoms with van der Waals surface area (Å²) in [5.74, 6) is 1.16. The summed E-state index contributed by atoms with van der Waals surface area (Å²) in [7, 11) is 0. The van der Waals surface area contributed by atoms with Crippen molar-refractivity contribution in [3.8, 4) is 5.75 Å². The highest BCUT2D eigenvalue weighted by Gasteiger charge is 2.20. The van der Waals surface area contributed by atoms with Crippen molar-refractivity contribution in [3.63, 3.8) is 0 Å². The SMILES string of the molecule is Cc1cc(C)n(Cc2c(C(=O)NCc3ccc(OC(C)C)cc3)noc2C)n1. The lowest BCUT2D eigenvalue weighted by atomic mass is 10.1. The molecule has 0 saturated carbocycles. The van der Waals surface area contributed by atoms with Crippen LogP contribution in [0, 0.1) is 20.8 Å². The number of carbonyl (C=O) groups excluding carboxylic acids is 1. The minimum absolute atomic E-state index is 0.126. The van der Waals surface area contributed by atoms with Crippen LogP contribution in [0.5, 0.6) is 5.75 Å². The van der Waals surface area contributed by atoms with Gasteiger partial charge in [0, 0.05) is 17.8 Å². The second-order valence-electron chi connectivity index (χ2n) is 7.14. The lowest BCUT2D eigenvalue weighted by Crippen LogP contribution is -2.25. The molecule has 0 saturated heterocycles. The zero-order valence-corrected chi connectivity index (χ0v) is 16.9. The zero-order valence-electron chi connectivity index (χ0n) is 16.9. The Morgan fingerprint density at radius 1 is 1.21 bits per heavy atom. The van der Waals surface area contributed by atoms with Crippen LogP contribution in [0.4, 0.5) is 0 Å². The van der Waals surface area contributed by atoms with E-state index in [1.165, 1.54) is 0 Å². The molecule has 2 heterocycles. The van der Waals surface area contributed by atoms with E-state index in [9.17, 15) is 4.79 Å². The molecule has 2 aromatic heterocycles. The molecule has 0 aliphatic carbocycles. The first-order valence-electron chi connectivity index (χ1n) is 9.33. The van der Waals surface area contributed by atoms with Gasteiger partial charge in [0.1, 0.15) is 11.5 Å². The predicted molar refractivity (Wildman–Crippen MR) is 105 cm³/mol. The minimum atomic E-state index is -0.268. The number of benzene rings is 1. The van der Waals surface area contributed by atoms with Gasteiger partial charge in [0.2, 0.25) is 0 Å². The van der Waals surface area contributed by atoms with Crippen molar-refractivity contribution in [2.24, 2.45) is 0 Å². The van der Waals surface area contributed by atoms with Crippen molar-refractivity contribution in [2.75, 3.05) is 0 Å². The Bertz CT molecular complexity index is 955. The van der Waals surface area contributed by atoms with E-state index >= 15 is 0 Å². The van der Waals surface area contributed by atoms with Crippen LogP contribution in [0.3, 0.4) is 0 Å². The van der Waals surface area contributed by atoms with Gasteiger partial charge in [-0.3, -0.25) is 9.48 Å². The number of amides is 1. The molecular weight excluding hydrogens is 356 g/mol. The first-order valence-corrected chi connectivity index (χ1v) is 9.33. The minimum Gasteiger partial charge on any atom is -0.491 e. The van der Waals surface area contributed by atoms with Gasteiger partial charge in [-0.15, -0.1) is 0 Å². The molecular formula is C21H26N4O3. The van der Waals surface area contributed by atoms with E-state index in [2.05, 4.69) is 15.6 Å². The molecule has 0 aliphatic heterocycles. The normalized spacial score (nSPS) is 11.1. The van der Waals surface area contributed by atoms with Gasteiger partial charge in [-0.05, 0) is 58.4 Å². The molecule has 28 heavy (non-hydrogen) atoms. The van der Waals surface area contributed by atoms with Crippen molar-refractivity contribution >= 4 is 5.91 Å². The Labute approximate surface area is 164 Å². The van der Waals surface area contributed by atoms with E-state index in [4.69, 9.17) is 9.26 Å². The Hall–Kier alpha value is -3.09. The Morgan fingerprint density at radius 3 is 2.54 bits per heavy atom. The third kappa shape index (κ3) is 4.60. The summed E-state index contributed by atoms with van der Waals surface area (Å²) >= 11 is 0. The van der Waals surface area contributed by atoms with E-state index < -0.39 is 0 Å². The van der Waals surface area contributed by atoms with Gasteiger partial charge in [-0.2, -0.15) is 5.10 Å². The summed E-state index contributed by atoms with van der Waals surface area (Å²) in [5, 5.41) is 11.3. The summed E-state index contributed by atoms with van der Waals surface area (Å²) in [4.78, 5) is 12.7. The summed E-state index contributed by atoms with van der Waals surface area (Å²) < 4.78 is 12.8. The molecule has 1 amide bonds. The van der Waals surface area contributed by atoms with Gasteiger partial charge < -0.3 is 14.6 Å². The standard InChI is InChI=1S/C21H26N4O3/c1-13(2)27-18-8-6-17(7-9-18)11-22-21(26)20-19(16(5)28-24-20)12-25-15(4)10-14(3)23-25/h6-10,13H,11-12H2,1-5H3,(H,22,26). The monoisotopic (exact) mass is 382 g/mol. The smallest absolute Gasteiger partial charge is 0.274 e. The van der Waals surface area contributed by atoms with Gasteiger partial charge >= 0.3 is 0 Å². The Morgan fingerprint density at radius 2 is 1.93 bits per heavy atom. The number of aryl methyl sites for hydroxylation is 3. The van der Waals surface area contributed by atoms with Crippen molar-refractivity contribution in [3.05, 3.63) is 64.3 Å². The first-order chi connectivity index (χ1) is 13.3. The number of nitrogens with zero attached hydrogens (tertiary/aromatic N) is 3. The zero-order chi connectivity index (χ0) is 20.3. The molecule has 0 aliphatic rings. The maximum atomic E-state index is 12.7. The van der Waals surface area contributed by atoms with E-state index in [0.29, 0.717) is 24.5 Å². The highest BCUT2D eigenvalue weighted by molar-refractivity contribution is 5.93. The molecule has 7 nitrogen and oxygen atoms in total. The average Bonchev–Trinajstić information content (AvgIpc) is 3.16.